The van der Waals surface area contributed by atoms with Crippen molar-refractivity contribution in [3.63, 3.8) is 0 Å². The van der Waals surface area contributed by atoms with Gasteiger partial charge in [-0.25, -0.2) is 4.79 Å². The summed E-state index contributed by atoms with van der Waals surface area (Å²) in [6.45, 7) is 4.87. The van der Waals surface area contributed by atoms with Gasteiger partial charge in [0.2, 0.25) is 0 Å². The molecule has 1 aliphatic rings. The van der Waals surface area contributed by atoms with Gasteiger partial charge < -0.3 is 20.1 Å². The maximum atomic E-state index is 13.1. The molecule has 3 atom stereocenters. The summed E-state index contributed by atoms with van der Waals surface area (Å²) in [6, 6.07) is 2.36. The van der Waals surface area contributed by atoms with Gasteiger partial charge in [-0.15, -0.1) is 11.8 Å². The molecule has 2 heterocycles. The zero-order chi connectivity index (χ0) is 23.1. The van der Waals surface area contributed by atoms with Crippen LogP contribution >= 0.6 is 35.0 Å². The molecule has 0 bridgehead atoms. The van der Waals surface area contributed by atoms with Gasteiger partial charge in [-0.1, -0.05) is 34.4 Å². The smallest absolute Gasteiger partial charge is 0.328 e. The van der Waals surface area contributed by atoms with Crippen LogP contribution in [0.1, 0.15) is 30.0 Å². The first-order valence-electron chi connectivity index (χ1n) is 9.05. The predicted octanol–water partition coefficient (Wildman–Crippen LogP) is 3.03. The number of thioether (sulfide) groups is 1. The molecule has 31 heavy (non-hydrogen) atoms. The van der Waals surface area contributed by atoms with E-state index in [-0.39, 0.29) is 32.6 Å². The van der Waals surface area contributed by atoms with Crippen LogP contribution in [0.15, 0.2) is 22.7 Å². The maximum absolute atomic E-state index is 13.1. The SMILES string of the molecule is Cc1onc(-c2c(Cl)cccc2Cl)c1C(=O)NC(C(=O)O)[C@@H]1N[C@@H](C(=O)O)C(C)(C)S1. The molecule has 4 N–H and O–H groups in total. The number of benzene rings is 1. The van der Waals surface area contributed by atoms with Crippen LogP contribution in [0, 0.1) is 6.92 Å². The molecule has 3 rings (SSSR count). The molecule has 1 amide bonds. The third-order valence-corrected chi connectivity index (χ3v) is 6.98. The fourth-order valence-electron chi connectivity index (χ4n) is 3.34. The first kappa shape index (κ1) is 23.4. The first-order valence-corrected chi connectivity index (χ1v) is 10.7. The highest BCUT2D eigenvalue weighted by Crippen LogP contribution is 2.40. The van der Waals surface area contributed by atoms with Gasteiger partial charge in [0.15, 0.2) is 6.04 Å². The van der Waals surface area contributed by atoms with E-state index < -0.39 is 40.1 Å². The third kappa shape index (κ3) is 4.52. The van der Waals surface area contributed by atoms with Gasteiger partial charge in [0, 0.05) is 10.3 Å². The number of rotatable bonds is 6. The summed E-state index contributed by atoms with van der Waals surface area (Å²) >= 11 is 13.6. The molecule has 1 aliphatic heterocycles. The van der Waals surface area contributed by atoms with E-state index in [0.717, 1.165) is 11.8 Å². The summed E-state index contributed by atoms with van der Waals surface area (Å²) in [4.78, 5) is 36.5. The number of aromatic nitrogens is 1. The lowest BCUT2D eigenvalue weighted by Crippen LogP contribution is -2.53. The molecule has 9 nitrogen and oxygen atoms in total. The second kappa shape index (κ2) is 8.70. The molecule has 1 saturated heterocycles. The number of carbonyl (C=O) groups excluding carboxylic acids is 1. The Kier molecular flexibility index (Phi) is 6.56. The van der Waals surface area contributed by atoms with Crippen molar-refractivity contribution in [3.05, 3.63) is 39.6 Å². The zero-order valence-corrected chi connectivity index (χ0v) is 18.9. The number of halogens is 2. The number of nitrogens with one attached hydrogen (secondary N) is 2. The first-order chi connectivity index (χ1) is 14.4. The van der Waals surface area contributed by atoms with E-state index in [2.05, 4.69) is 15.8 Å². The van der Waals surface area contributed by atoms with Crippen LogP contribution in [0.5, 0.6) is 0 Å². The van der Waals surface area contributed by atoms with Crippen molar-refractivity contribution in [3.8, 4) is 11.3 Å². The third-order valence-electron chi connectivity index (χ3n) is 4.85. The molecule has 0 saturated carbocycles. The number of hydrogen-bond donors (Lipinski definition) is 4. The lowest BCUT2D eigenvalue weighted by Gasteiger charge is -2.22. The van der Waals surface area contributed by atoms with Crippen molar-refractivity contribution in [1.29, 1.82) is 0 Å². The van der Waals surface area contributed by atoms with Crippen LogP contribution in [-0.4, -0.2) is 55.4 Å². The number of hydrogen-bond acceptors (Lipinski definition) is 7. The lowest BCUT2D eigenvalue weighted by atomic mass is 10.0. The maximum Gasteiger partial charge on any atom is 0.328 e. The van der Waals surface area contributed by atoms with E-state index >= 15 is 0 Å². The minimum absolute atomic E-state index is 0.0155. The second-order valence-corrected chi connectivity index (χ2v) is 10.0. The van der Waals surface area contributed by atoms with E-state index in [1.54, 1.807) is 32.0 Å². The Balaban J connectivity index is 1.93. The Morgan fingerprint density at radius 1 is 1.26 bits per heavy atom. The Labute approximate surface area is 191 Å². The molecule has 12 heteroatoms. The van der Waals surface area contributed by atoms with Crippen LogP contribution in [0.4, 0.5) is 0 Å². The number of aryl methyl sites for hydroxylation is 1. The van der Waals surface area contributed by atoms with Crippen LogP contribution in [0.3, 0.4) is 0 Å². The van der Waals surface area contributed by atoms with Crippen molar-refractivity contribution in [2.24, 2.45) is 0 Å². The minimum Gasteiger partial charge on any atom is -0.480 e. The van der Waals surface area contributed by atoms with Gasteiger partial charge in [-0.3, -0.25) is 14.9 Å². The van der Waals surface area contributed by atoms with Gasteiger partial charge in [-0.2, -0.15) is 0 Å². The summed E-state index contributed by atoms with van der Waals surface area (Å²) < 4.78 is 4.36. The van der Waals surface area contributed by atoms with E-state index in [1.807, 2.05) is 0 Å². The molecule has 166 valence electrons. The summed E-state index contributed by atoms with van der Waals surface area (Å²) in [7, 11) is 0. The standard InChI is InChI=1S/C19H19Cl2N3O6S/c1-7-10(12(24-30-7)11-8(20)5-4-6-9(11)21)15(25)22-13(17(26)27)16-23-14(18(28)29)19(2,3)31-16/h4-6,13-14,16,23H,1-3H3,(H,22,25)(H,26,27)(H,28,29)/t13?,14-,16+/m0/s1. The van der Waals surface area contributed by atoms with Crippen LogP contribution in [-0.2, 0) is 9.59 Å². The van der Waals surface area contributed by atoms with Crippen molar-refractivity contribution < 1.29 is 29.1 Å². The molecular weight excluding hydrogens is 469 g/mol. The van der Waals surface area contributed by atoms with Gasteiger partial charge in [-0.05, 0) is 32.9 Å². The van der Waals surface area contributed by atoms with Gasteiger partial charge in [0.05, 0.1) is 15.4 Å². The van der Waals surface area contributed by atoms with Gasteiger partial charge >= 0.3 is 11.9 Å². The fraction of sp³-hybridized carbons (Fsp3) is 0.368. The monoisotopic (exact) mass is 487 g/mol. The van der Waals surface area contributed by atoms with Crippen LogP contribution < -0.4 is 10.6 Å². The Morgan fingerprint density at radius 2 is 1.87 bits per heavy atom. The number of carboxylic acids is 2. The highest BCUT2D eigenvalue weighted by Gasteiger charge is 2.49. The Morgan fingerprint density at radius 3 is 2.39 bits per heavy atom. The summed E-state index contributed by atoms with van der Waals surface area (Å²) in [5, 5.41) is 27.8. The molecule has 0 radical (unpaired) electrons. The summed E-state index contributed by atoms with van der Waals surface area (Å²) in [5.74, 6) is -3.06. The van der Waals surface area contributed by atoms with E-state index in [1.165, 1.54) is 6.92 Å². The average Bonchev–Trinajstić information content (AvgIpc) is 3.18. The lowest BCUT2D eigenvalue weighted by molar-refractivity contribution is -0.142. The molecule has 0 aliphatic carbocycles. The number of aliphatic carboxylic acids is 2. The summed E-state index contributed by atoms with van der Waals surface area (Å²) in [5.41, 5.74) is 0.337. The van der Waals surface area contributed by atoms with E-state index in [9.17, 15) is 24.6 Å². The van der Waals surface area contributed by atoms with E-state index in [4.69, 9.17) is 27.7 Å². The number of carbonyl (C=O) groups is 3. The van der Waals surface area contributed by atoms with Crippen LogP contribution in [0.25, 0.3) is 11.3 Å². The highest BCUT2D eigenvalue weighted by atomic mass is 35.5. The Hall–Kier alpha value is -2.27. The highest BCUT2D eigenvalue weighted by molar-refractivity contribution is 8.01. The summed E-state index contributed by atoms with van der Waals surface area (Å²) in [6.07, 6.45) is 0. The normalized spacial score (nSPS) is 20.9. The topological polar surface area (TPSA) is 142 Å². The number of amides is 1. The Bertz CT molecular complexity index is 1040. The van der Waals surface area contributed by atoms with Gasteiger partial charge in [0.25, 0.3) is 5.91 Å². The van der Waals surface area contributed by atoms with Crippen LogP contribution in [0.2, 0.25) is 10.0 Å². The van der Waals surface area contributed by atoms with Crippen molar-refractivity contribution in [2.75, 3.05) is 0 Å². The van der Waals surface area contributed by atoms with Crippen molar-refractivity contribution in [1.82, 2.24) is 15.8 Å². The number of nitrogens with zero attached hydrogens (tertiary/aromatic N) is 1. The predicted molar refractivity (Wildman–Crippen MR) is 116 cm³/mol. The molecule has 1 aromatic carbocycles. The minimum atomic E-state index is -1.43. The molecule has 0 spiro atoms. The molecule has 2 aromatic rings. The second-order valence-electron chi connectivity index (χ2n) is 7.43. The molecule has 1 fully saturated rings. The largest absolute Gasteiger partial charge is 0.480 e. The number of carboxylic acid groups (broad SMARTS) is 2. The fourth-order valence-corrected chi connectivity index (χ4v) is 5.40. The molecule has 1 unspecified atom stereocenters. The van der Waals surface area contributed by atoms with Gasteiger partial charge in [0.1, 0.15) is 23.1 Å². The molecular formula is C19H19Cl2N3O6S. The zero-order valence-electron chi connectivity index (χ0n) is 16.6. The van der Waals surface area contributed by atoms with E-state index in [0.29, 0.717) is 0 Å². The molecule has 1 aromatic heterocycles. The van der Waals surface area contributed by atoms with Crippen molar-refractivity contribution >= 4 is 52.8 Å². The average molecular weight is 488 g/mol. The van der Waals surface area contributed by atoms with Crippen molar-refractivity contribution in [2.45, 2.75) is 43.0 Å². The quantitative estimate of drug-likeness (QED) is 0.483.